The Hall–Kier alpha value is -2.03. The Bertz CT molecular complexity index is 1050. The summed E-state index contributed by atoms with van der Waals surface area (Å²) in [6.07, 6.45) is 0. The molecule has 0 amide bonds. The largest absolute Gasteiger partial charge is 0.369 e. The third-order valence-corrected chi connectivity index (χ3v) is 7.27. The molecule has 8 heteroatoms. The summed E-state index contributed by atoms with van der Waals surface area (Å²) in [5.41, 5.74) is 4.73. The maximum Gasteiger partial charge on any atom is 0.245 e. The molecule has 0 saturated carbocycles. The zero-order valence-electron chi connectivity index (χ0n) is 14.7. The number of nitrogens with zero attached hydrogens (tertiary/aromatic N) is 4. The number of hydrogen-bond acceptors (Lipinski definition) is 6. The second-order valence-electron chi connectivity index (χ2n) is 6.57. The van der Waals surface area contributed by atoms with Crippen molar-refractivity contribution in [3.8, 4) is 0 Å². The molecule has 0 spiro atoms. The molecule has 26 heavy (non-hydrogen) atoms. The van der Waals surface area contributed by atoms with Gasteiger partial charge in [0.05, 0.1) is 11.7 Å². The molecule has 0 atom stereocenters. The van der Waals surface area contributed by atoms with Crippen molar-refractivity contribution < 1.29 is 8.42 Å². The van der Waals surface area contributed by atoms with E-state index in [-0.39, 0.29) is 4.90 Å². The van der Waals surface area contributed by atoms with Gasteiger partial charge in [-0.15, -0.1) is 0 Å². The van der Waals surface area contributed by atoms with E-state index in [1.54, 1.807) is 22.5 Å². The van der Waals surface area contributed by atoms with E-state index in [0.717, 1.165) is 11.7 Å². The lowest BCUT2D eigenvalue weighted by Gasteiger charge is -2.36. The van der Waals surface area contributed by atoms with Crippen molar-refractivity contribution in [2.45, 2.75) is 18.7 Å². The molecule has 1 saturated heterocycles. The predicted molar refractivity (Wildman–Crippen MR) is 104 cm³/mol. The van der Waals surface area contributed by atoms with Gasteiger partial charge in [-0.3, -0.25) is 0 Å². The number of aromatic nitrogens is 2. The highest BCUT2D eigenvalue weighted by Gasteiger charge is 2.31. The van der Waals surface area contributed by atoms with Gasteiger partial charge in [-0.1, -0.05) is 23.8 Å². The maximum atomic E-state index is 13.1. The van der Waals surface area contributed by atoms with Crippen LogP contribution in [0.1, 0.15) is 11.1 Å². The molecule has 0 bridgehead atoms. The average molecular weight is 389 g/mol. The lowest BCUT2D eigenvalue weighted by molar-refractivity contribution is 0.385. The first-order valence-corrected chi connectivity index (χ1v) is 10.7. The van der Waals surface area contributed by atoms with E-state index in [2.05, 4.69) is 45.7 Å². The van der Waals surface area contributed by atoms with Crippen LogP contribution in [0.25, 0.3) is 11.0 Å². The third kappa shape index (κ3) is 2.98. The molecule has 1 fully saturated rings. The average Bonchev–Trinajstić information content (AvgIpc) is 3.10. The maximum absolute atomic E-state index is 13.1. The second-order valence-corrected chi connectivity index (χ2v) is 9.00. The molecule has 1 aliphatic rings. The monoisotopic (exact) mass is 388 g/mol. The molecule has 2 heterocycles. The molecule has 4 rings (SSSR count). The van der Waals surface area contributed by atoms with Crippen LogP contribution in [0.2, 0.25) is 0 Å². The van der Waals surface area contributed by atoms with Gasteiger partial charge in [-0.25, -0.2) is 8.42 Å². The predicted octanol–water partition coefficient (Wildman–Crippen LogP) is 2.82. The molecule has 0 radical (unpaired) electrons. The van der Waals surface area contributed by atoms with Gasteiger partial charge >= 0.3 is 0 Å². The molecule has 1 aliphatic heterocycles. The SMILES string of the molecule is Cc1ccc(N2CCN(S(=O)(=O)c3cccc4nsnc34)CC2)c(C)c1. The van der Waals surface area contributed by atoms with Gasteiger partial charge in [0.15, 0.2) is 0 Å². The van der Waals surface area contributed by atoms with Crippen molar-refractivity contribution >= 4 is 38.5 Å². The summed E-state index contributed by atoms with van der Waals surface area (Å²) in [6, 6.07) is 11.5. The van der Waals surface area contributed by atoms with E-state index in [9.17, 15) is 8.42 Å². The number of aryl methyl sites for hydroxylation is 2. The Morgan fingerprint density at radius 1 is 1.00 bits per heavy atom. The molecule has 3 aromatic rings. The second kappa shape index (κ2) is 6.61. The van der Waals surface area contributed by atoms with Crippen molar-refractivity contribution in [2.75, 3.05) is 31.1 Å². The molecular weight excluding hydrogens is 368 g/mol. The Morgan fingerprint density at radius 3 is 2.50 bits per heavy atom. The summed E-state index contributed by atoms with van der Waals surface area (Å²) in [4.78, 5) is 2.51. The summed E-state index contributed by atoms with van der Waals surface area (Å²) in [6.45, 7) is 6.45. The van der Waals surface area contributed by atoms with Gasteiger partial charge in [-0.2, -0.15) is 13.1 Å². The fourth-order valence-corrected chi connectivity index (χ4v) is 5.63. The summed E-state index contributed by atoms with van der Waals surface area (Å²) in [5, 5.41) is 0. The summed E-state index contributed by atoms with van der Waals surface area (Å²) in [7, 11) is -3.57. The van der Waals surface area contributed by atoms with Crippen LogP contribution in [0, 0.1) is 13.8 Å². The minimum atomic E-state index is -3.57. The van der Waals surface area contributed by atoms with Gasteiger partial charge in [0, 0.05) is 31.9 Å². The lowest BCUT2D eigenvalue weighted by atomic mass is 10.1. The molecule has 6 nitrogen and oxygen atoms in total. The van der Waals surface area contributed by atoms with Crippen molar-refractivity contribution in [1.82, 2.24) is 13.1 Å². The summed E-state index contributed by atoms with van der Waals surface area (Å²) < 4.78 is 36.1. The van der Waals surface area contributed by atoms with Gasteiger partial charge in [-0.05, 0) is 37.6 Å². The number of rotatable bonds is 3. The Balaban J connectivity index is 1.56. The zero-order chi connectivity index (χ0) is 18.3. The van der Waals surface area contributed by atoms with Crippen LogP contribution in [-0.4, -0.2) is 47.6 Å². The normalized spacial score (nSPS) is 16.3. The Labute approximate surface area is 157 Å². The van der Waals surface area contributed by atoms with Gasteiger partial charge in [0.1, 0.15) is 15.9 Å². The van der Waals surface area contributed by atoms with Crippen LogP contribution in [-0.2, 0) is 10.0 Å². The molecule has 0 N–H and O–H groups in total. The number of fused-ring (bicyclic) bond motifs is 1. The zero-order valence-corrected chi connectivity index (χ0v) is 16.3. The van der Waals surface area contributed by atoms with Gasteiger partial charge in [0.2, 0.25) is 10.0 Å². The van der Waals surface area contributed by atoms with E-state index < -0.39 is 10.0 Å². The number of anilines is 1. The number of benzene rings is 2. The van der Waals surface area contributed by atoms with Crippen LogP contribution < -0.4 is 4.90 Å². The highest BCUT2D eigenvalue weighted by Crippen LogP contribution is 2.27. The molecule has 0 unspecified atom stereocenters. The van der Waals surface area contributed by atoms with Gasteiger partial charge in [0.25, 0.3) is 0 Å². The third-order valence-electron chi connectivity index (χ3n) is 4.80. The van der Waals surface area contributed by atoms with E-state index in [1.807, 2.05) is 0 Å². The van der Waals surface area contributed by atoms with E-state index >= 15 is 0 Å². The van der Waals surface area contributed by atoms with E-state index in [0.29, 0.717) is 37.2 Å². The lowest BCUT2D eigenvalue weighted by Crippen LogP contribution is -2.48. The van der Waals surface area contributed by atoms with Crippen molar-refractivity contribution in [3.63, 3.8) is 0 Å². The fraction of sp³-hybridized carbons (Fsp3) is 0.333. The summed E-state index contributed by atoms with van der Waals surface area (Å²) in [5.74, 6) is 0. The molecule has 2 aromatic carbocycles. The highest BCUT2D eigenvalue weighted by atomic mass is 32.2. The van der Waals surface area contributed by atoms with Crippen molar-refractivity contribution in [3.05, 3.63) is 47.5 Å². The topological polar surface area (TPSA) is 66.4 Å². The first-order valence-electron chi connectivity index (χ1n) is 8.50. The van der Waals surface area contributed by atoms with E-state index in [4.69, 9.17) is 0 Å². The van der Waals surface area contributed by atoms with Crippen LogP contribution in [0.4, 0.5) is 5.69 Å². The minimum absolute atomic E-state index is 0.253. The first-order chi connectivity index (χ1) is 12.5. The van der Waals surface area contributed by atoms with Crippen molar-refractivity contribution in [1.29, 1.82) is 0 Å². The van der Waals surface area contributed by atoms with Gasteiger partial charge < -0.3 is 4.90 Å². The minimum Gasteiger partial charge on any atom is -0.369 e. The van der Waals surface area contributed by atoms with Crippen LogP contribution in [0.15, 0.2) is 41.3 Å². The van der Waals surface area contributed by atoms with E-state index in [1.165, 1.54) is 16.8 Å². The molecule has 1 aromatic heterocycles. The fourth-order valence-electron chi connectivity index (χ4n) is 3.46. The molecular formula is C18H20N4O2S2. The smallest absolute Gasteiger partial charge is 0.245 e. The van der Waals surface area contributed by atoms with Crippen LogP contribution in [0.3, 0.4) is 0 Å². The standard InChI is InChI=1S/C18H20N4O2S2/c1-13-6-7-16(14(2)12-13)21-8-10-22(11-9-21)26(23,24)17-5-3-4-15-18(17)20-25-19-15/h3-7,12H,8-11H2,1-2H3. The van der Waals surface area contributed by atoms with Crippen LogP contribution in [0.5, 0.6) is 0 Å². The van der Waals surface area contributed by atoms with Crippen molar-refractivity contribution in [2.24, 2.45) is 0 Å². The number of hydrogen-bond donors (Lipinski definition) is 0. The highest BCUT2D eigenvalue weighted by molar-refractivity contribution is 7.89. The number of piperazine rings is 1. The first kappa shape index (κ1) is 17.4. The summed E-state index contributed by atoms with van der Waals surface area (Å²) >= 11 is 1.04. The molecule has 0 aliphatic carbocycles. The Morgan fingerprint density at radius 2 is 1.77 bits per heavy atom. The van der Waals surface area contributed by atoms with Crippen LogP contribution >= 0.6 is 11.7 Å². The quantitative estimate of drug-likeness (QED) is 0.690. The number of sulfonamides is 1. The Kier molecular flexibility index (Phi) is 4.42. The molecule has 136 valence electrons.